The van der Waals surface area contributed by atoms with Gasteiger partial charge in [0.05, 0.1) is 12.7 Å². The molecule has 0 aliphatic rings. The normalized spacial score (nSPS) is 11.1. The lowest BCUT2D eigenvalue weighted by molar-refractivity contribution is 0.245. The van der Waals surface area contributed by atoms with Crippen molar-refractivity contribution in [3.05, 3.63) is 35.5 Å². The minimum atomic E-state index is 0.0188. The molecule has 0 saturated carbocycles. The molecule has 0 spiro atoms. The Morgan fingerprint density at radius 2 is 2.12 bits per heavy atom. The number of hydrogen-bond donors (Lipinski definition) is 1. The van der Waals surface area contributed by atoms with Crippen molar-refractivity contribution in [2.75, 3.05) is 0 Å². The molecule has 2 aromatic rings. The van der Waals surface area contributed by atoms with Crippen LogP contribution in [0.1, 0.15) is 25.1 Å². The summed E-state index contributed by atoms with van der Waals surface area (Å²) in [5.74, 6) is 0.774. The average Bonchev–Trinajstić information content (AvgIpc) is 2.28. The van der Waals surface area contributed by atoms with E-state index in [-0.39, 0.29) is 12.7 Å². The summed E-state index contributed by atoms with van der Waals surface area (Å²) in [4.78, 5) is 4.50. The van der Waals surface area contributed by atoms with E-state index in [0.29, 0.717) is 0 Å². The Kier molecular flexibility index (Phi) is 3.29. The molecule has 0 aliphatic heterocycles. The van der Waals surface area contributed by atoms with Gasteiger partial charge in [0.2, 0.25) is 0 Å². The fourth-order valence-corrected chi connectivity index (χ4v) is 1.92. The minimum Gasteiger partial charge on any atom is -0.489 e. The number of ether oxygens (including phenoxy) is 1. The van der Waals surface area contributed by atoms with E-state index < -0.39 is 0 Å². The van der Waals surface area contributed by atoms with Crippen LogP contribution in [-0.4, -0.2) is 16.2 Å². The average molecular weight is 231 g/mol. The summed E-state index contributed by atoms with van der Waals surface area (Å²) in [7, 11) is 0. The Balaban J connectivity index is 2.66. The van der Waals surface area contributed by atoms with Gasteiger partial charge in [-0.15, -0.1) is 0 Å². The molecule has 17 heavy (non-hydrogen) atoms. The molecule has 0 unspecified atom stereocenters. The first-order valence-electron chi connectivity index (χ1n) is 5.78. The smallest absolute Gasteiger partial charge is 0.145 e. The lowest BCUT2D eigenvalue weighted by Crippen LogP contribution is -2.06. The molecule has 0 amide bonds. The molecule has 0 saturated heterocycles. The summed E-state index contributed by atoms with van der Waals surface area (Å²) in [5, 5.41) is 10.3. The van der Waals surface area contributed by atoms with Crippen LogP contribution in [0.4, 0.5) is 0 Å². The van der Waals surface area contributed by atoms with E-state index in [1.165, 1.54) is 0 Å². The van der Waals surface area contributed by atoms with Gasteiger partial charge in [0, 0.05) is 11.1 Å². The third-order valence-corrected chi connectivity index (χ3v) is 2.55. The highest BCUT2D eigenvalue weighted by Gasteiger charge is 2.09. The van der Waals surface area contributed by atoms with E-state index in [1.54, 1.807) is 0 Å². The maximum atomic E-state index is 9.36. The molecule has 3 heteroatoms. The number of benzene rings is 1. The Labute approximate surface area is 101 Å². The van der Waals surface area contributed by atoms with Crippen molar-refractivity contribution < 1.29 is 9.84 Å². The SMILES string of the molecule is Cc1cc(CO)c2cccc(OC(C)C)c2n1. The highest BCUT2D eigenvalue weighted by molar-refractivity contribution is 5.87. The number of aromatic nitrogens is 1. The summed E-state index contributed by atoms with van der Waals surface area (Å²) >= 11 is 0. The number of rotatable bonds is 3. The predicted octanol–water partition coefficient (Wildman–Crippen LogP) is 2.82. The number of nitrogens with zero attached hydrogens (tertiary/aromatic N) is 1. The fraction of sp³-hybridized carbons (Fsp3) is 0.357. The van der Waals surface area contributed by atoms with Gasteiger partial charge in [-0.1, -0.05) is 12.1 Å². The van der Waals surface area contributed by atoms with Crippen molar-refractivity contribution in [3.8, 4) is 5.75 Å². The van der Waals surface area contributed by atoms with E-state index >= 15 is 0 Å². The Hall–Kier alpha value is -1.61. The predicted molar refractivity (Wildman–Crippen MR) is 68.2 cm³/mol. The van der Waals surface area contributed by atoms with Crippen molar-refractivity contribution in [2.24, 2.45) is 0 Å². The zero-order chi connectivity index (χ0) is 12.4. The third-order valence-electron chi connectivity index (χ3n) is 2.55. The van der Waals surface area contributed by atoms with E-state index in [9.17, 15) is 5.11 Å². The van der Waals surface area contributed by atoms with Gasteiger partial charge in [-0.05, 0) is 38.5 Å². The van der Waals surface area contributed by atoms with Gasteiger partial charge in [-0.2, -0.15) is 0 Å². The van der Waals surface area contributed by atoms with E-state index in [0.717, 1.165) is 27.9 Å². The van der Waals surface area contributed by atoms with E-state index in [1.807, 2.05) is 45.0 Å². The lowest BCUT2D eigenvalue weighted by atomic mass is 10.1. The van der Waals surface area contributed by atoms with Crippen molar-refractivity contribution in [1.29, 1.82) is 0 Å². The van der Waals surface area contributed by atoms with Crippen LogP contribution in [0.5, 0.6) is 5.75 Å². The van der Waals surface area contributed by atoms with Crippen molar-refractivity contribution in [3.63, 3.8) is 0 Å². The maximum absolute atomic E-state index is 9.36. The second kappa shape index (κ2) is 4.72. The minimum absolute atomic E-state index is 0.0188. The number of aryl methyl sites for hydroxylation is 1. The Morgan fingerprint density at radius 3 is 2.76 bits per heavy atom. The molecular formula is C14H17NO2. The second-order valence-corrected chi connectivity index (χ2v) is 4.40. The second-order valence-electron chi connectivity index (χ2n) is 4.40. The topological polar surface area (TPSA) is 42.4 Å². The van der Waals surface area contributed by atoms with Crippen molar-refractivity contribution >= 4 is 10.9 Å². The number of aliphatic hydroxyl groups is 1. The van der Waals surface area contributed by atoms with Gasteiger partial charge in [0.25, 0.3) is 0 Å². The van der Waals surface area contributed by atoms with Gasteiger partial charge in [-0.3, -0.25) is 0 Å². The van der Waals surface area contributed by atoms with Gasteiger partial charge in [-0.25, -0.2) is 4.98 Å². The van der Waals surface area contributed by atoms with Crippen molar-refractivity contribution in [1.82, 2.24) is 4.98 Å². The van der Waals surface area contributed by atoms with Gasteiger partial charge in [0.1, 0.15) is 11.3 Å². The maximum Gasteiger partial charge on any atom is 0.145 e. The summed E-state index contributed by atoms with van der Waals surface area (Å²) in [6.45, 7) is 5.92. The van der Waals surface area contributed by atoms with Crippen LogP contribution in [0.15, 0.2) is 24.3 Å². The molecule has 1 heterocycles. The zero-order valence-corrected chi connectivity index (χ0v) is 10.4. The largest absolute Gasteiger partial charge is 0.489 e. The monoisotopic (exact) mass is 231 g/mol. The summed E-state index contributed by atoms with van der Waals surface area (Å²) in [6, 6.07) is 7.70. The summed E-state index contributed by atoms with van der Waals surface area (Å²) in [5.41, 5.74) is 2.60. The number of aliphatic hydroxyl groups excluding tert-OH is 1. The van der Waals surface area contributed by atoms with Crippen LogP contribution in [0.3, 0.4) is 0 Å². The van der Waals surface area contributed by atoms with Gasteiger partial charge in [0.15, 0.2) is 0 Å². The first kappa shape index (κ1) is 11.9. The molecule has 0 fully saturated rings. The molecule has 1 aromatic heterocycles. The molecule has 0 radical (unpaired) electrons. The molecule has 1 aromatic carbocycles. The molecule has 0 atom stereocenters. The quantitative estimate of drug-likeness (QED) is 0.883. The molecule has 90 valence electrons. The van der Waals surface area contributed by atoms with Crippen LogP contribution < -0.4 is 4.74 Å². The molecule has 2 rings (SSSR count). The highest BCUT2D eigenvalue weighted by atomic mass is 16.5. The van der Waals surface area contributed by atoms with E-state index in [2.05, 4.69) is 4.98 Å². The molecule has 0 bridgehead atoms. The fourth-order valence-electron chi connectivity index (χ4n) is 1.92. The molecule has 1 N–H and O–H groups in total. The number of fused-ring (bicyclic) bond motifs is 1. The third kappa shape index (κ3) is 2.39. The number of hydrogen-bond acceptors (Lipinski definition) is 3. The van der Waals surface area contributed by atoms with Crippen LogP contribution in [0.25, 0.3) is 10.9 Å². The summed E-state index contributed by atoms with van der Waals surface area (Å²) in [6.07, 6.45) is 0.112. The zero-order valence-electron chi connectivity index (χ0n) is 10.4. The first-order chi connectivity index (χ1) is 8.11. The lowest BCUT2D eigenvalue weighted by Gasteiger charge is -2.13. The van der Waals surface area contributed by atoms with Crippen LogP contribution >= 0.6 is 0 Å². The first-order valence-corrected chi connectivity index (χ1v) is 5.78. The van der Waals surface area contributed by atoms with Gasteiger partial charge >= 0.3 is 0 Å². The standard InChI is InChI=1S/C14H17NO2/c1-9(2)17-13-6-4-5-12-11(8-16)7-10(3)15-14(12)13/h4-7,9,16H,8H2,1-3H3. The molecule has 0 aliphatic carbocycles. The number of pyridine rings is 1. The van der Waals surface area contributed by atoms with Crippen LogP contribution in [0.2, 0.25) is 0 Å². The summed E-state index contributed by atoms with van der Waals surface area (Å²) < 4.78 is 5.74. The van der Waals surface area contributed by atoms with Crippen LogP contribution in [0, 0.1) is 6.92 Å². The Morgan fingerprint density at radius 1 is 1.35 bits per heavy atom. The van der Waals surface area contributed by atoms with Gasteiger partial charge < -0.3 is 9.84 Å². The molecule has 3 nitrogen and oxygen atoms in total. The number of para-hydroxylation sites is 1. The van der Waals surface area contributed by atoms with Crippen molar-refractivity contribution in [2.45, 2.75) is 33.5 Å². The van der Waals surface area contributed by atoms with E-state index in [4.69, 9.17) is 4.74 Å². The molecular weight excluding hydrogens is 214 g/mol. The highest BCUT2D eigenvalue weighted by Crippen LogP contribution is 2.27. The Bertz CT molecular complexity index is 535. The van der Waals surface area contributed by atoms with Crippen LogP contribution in [-0.2, 0) is 6.61 Å².